The van der Waals surface area contributed by atoms with Crippen LogP contribution in [0.4, 0.5) is 10.1 Å². The molecule has 0 aliphatic heterocycles. The van der Waals surface area contributed by atoms with Crippen LogP contribution in [0.3, 0.4) is 0 Å². The summed E-state index contributed by atoms with van der Waals surface area (Å²) in [5, 5.41) is 2.86. The molecule has 2 amide bonds. The minimum Gasteiger partial charge on any atom is -0.484 e. The van der Waals surface area contributed by atoms with Crippen molar-refractivity contribution in [3.63, 3.8) is 0 Å². The van der Waals surface area contributed by atoms with Crippen LogP contribution in [0.15, 0.2) is 83.8 Å². The third kappa shape index (κ3) is 8.31. The molecule has 0 heterocycles. The van der Waals surface area contributed by atoms with Gasteiger partial charge in [-0.05, 0) is 67.4 Å². The summed E-state index contributed by atoms with van der Waals surface area (Å²) in [6.07, 6.45) is 1.79. The van der Waals surface area contributed by atoms with E-state index in [4.69, 9.17) is 4.74 Å². The van der Waals surface area contributed by atoms with Crippen molar-refractivity contribution in [1.82, 2.24) is 10.2 Å². The van der Waals surface area contributed by atoms with Gasteiger partial charge in [-0.1, -0.05) is 43.7 Å². The molecule has 3 aromatic rings. The fourth-order valence-electron chi connectivity index (χ4n) is 3.57. The average Bonchev–Trinajstić information content (AvgIpc) is 2.92. The number of amides is 2. The molecule has 3 rings (SSSR count). The van der Waals surface area contributed by atoms with Crippen molar-refractivity contribution in [2.24, 2.45) is 0 Å². The highest BCUT2D eigenvalue weighted by Crippen LogP contribution is 2.20. The molecular formula is C28H32FN3O5S. The Hall–Kier alpha value is -3.92. The number of nitrogens with zero attached hydrogens (tertiary/aromatic N) is 1. The maximum absolute atomic E-state index is 13.1. The molecule has 2 N–H and O–H groups in total. The molecule has 1 atom stereocenters. The predicted octanol–water partition coefficient (Wildman–Crippen LogP) is 4.34. The van der Waals surface area contributed by atoms with Gasteiger partial charge in [0.15, 0.2) is 6.61 Å². The third-order valence-electron chi connectivity index (χ3n) is 5.79. The molecule has 0 aromatic heterocycles. The summed E-state index contributed by atoms with van der Waals surface area (Å²) in [4.78, 5) is 27.3. The lowest BCUT2D eigenvalue weighted by Crippen LogP contribution is -2.49. The Balaban J connectivity index is 1.65. The van der Waals surface area contributed by atoms with Gasteiger partial charge in [-0.2, -0.15) is 0 Å². The molecule has 0 unspecified atom stereocenters. The Morgan fingerprint density at radius 2 is 1.63 bits per heavy atom. The van der Waals surface area contributed by atoms with Crippen molar-refractivity contribution in [2.75, 3.05) is 17.9 Å². The number of rotatable bonds is 13. The number of benzene rings is 3. The first-order valence-corrected chi connectivity index (χ1v) is 13.8. The lowest BCUT2D eigenvalue weighted by molar-refractivity contribution is -0.142. The molecule has 0 saturated heterocycles. The van der Waals surface area contributed by atoms with Crippen LogP contribution in [0, 0.1) is 5.82 Å². The fourth-order valence-corrected chi connectivity index (χ4v) is 4.63. The zero-order chi connectivity index (χ0) is 27.5. The van der Waals surface area contributed by atoms with E-state index in [-0.39, 0.29) is 35.5 Å². The van der Waals surface area contributed by atoms with Gasteiger partial charge in [0.05, 0.1) is 4.90 Å². The van der Waals surface area contributed by atoms with E-state index in [2.05, 4.69) is 10.0 Å². The zero-order valence-corrected chi connectivity index (χ0v) is 22.2. The van der Waals surface area contributed by atoms with E-state index in [0.717, 1.165) is 30.5 Å². The van der Waals surface area contributed by atoms with E-state index in [1.807, 2.05) is 37.3 Å². The van der Waals surface area contributed by atoms with Crippen molar-refractivity contribution in [3.05, 3.63) is 90.2 Å². The van der Waals surface area contributed by atoms with Gasteiger partial charge in [0, 0.05) is 18.8 Å². The van der Waals surface area contributed by atoms with Gasteiger partial charge in [-0.3, -0.25) is 14.3 Å². The Labute approximate surface area is 222 Å². The van der Waals surface area contributed by atoms with E-state index in [0.29, 0.717) is 12.3 Å². The zero-order valence-electron chi connectivity index (χ0n) is 21.4. The highest BCUT2D eigenvalue weighted by atomic mass is 32.2. The standard InChI is InChI=1S/C28H32FN3O5S/c1-3-4-18-30-28(34)21(2)32(19-22-8-6-5-7-9-22)27(33)20-37-25-14-16-26(17-15-25)38(35,36)31-24-12-10-23(29)11-13-24/h5-17,21,31H,3-4,18-20H2,1-2H3,(H,30,34)/t21-/m0/s1. The highest BCUT2D eigenvalue weighted by molar-refractivity contribution is 7.92. The lowest BCUT2D eigenvalue weighted by Gasteiger charge is -2.28. The van der Waals surface area contributed by atoms with E-state index < -0.39 is 21.9 Å². The second kappa shape index (κ2) is 13.6. The van der Waals surface area contributed by atoms with Crippen LogP contribution in [0.25, 0.3) is 0 Å². The summed E-state index contributed by atoms with van der Waals surface area (Å²) in [5.74, 6) is -0.816. The van der Waals surface area contributed by atoms with Gasteiger partial charge < -0.3 is 15.0 Å². The van der Waals surface area contributed by atoms with Gasteiger partial charge in [0.25, 0.3) is 15.9 Å². The molecule has 3 aromatic carbocycles. The van der Waals surface area contributed by atoms with Gasteiger partial charge in [-0.25, -0.2) is 12.8 Å². The average molecular weight is 542 g/mol. The van der Waals surface area contributed by atoms with Crippen LogP contribution >= 0.6 is 0 Å². The van der Waals surface area contributed by atoms with Crippen molar-refractivity contribution < 1.29 is 27.1 Å². The summed E-state index contributed by atoms with van der Waals surface area (Å²) in [5.41, 5.74) is 1.10. The van der Waals surface area contributed by atoms with Crippen LogP contribution < -0.4 is 14.8 Å². The van der Waals surface area contributed by atoms with E-state index in [1.54, 1.807) is 6.92 Å². The minimum atomic E-state index is -3.90. The van der Waals surface area contributed by atoms with Crippen molar-refractivity contribution in [3.8, 4) is 5.75 Å². The molecule has 0 aliphatic rings. The number of sulfonamides is 1. The van der Waals surface area contributed by atoms with Crippen LogP contribution in [-0.4, -0.2) is 44.3 Å². The van der Waals surface area contributed by atoms with Gasteiger partial charge in [0.1, 0.15) is 17.6 Å². The molecule has 38 heavy (non-hydrogen) atoms. The molecule has 10 heteroatoms. The van der Waals surface area contributed by atoms with Crippen molar-refractivity contribution in [1.29, 1.82) is 0 Å². The second-order valence-corrected chi connectivity index (χ2v) is 10.4. The van der Waals surface area contributed by atoms with Gasteiger partial charge >= 0.3 is 0 Å². The Morgan fingerprint density at radius 1 is 0.974 bits per heavy atom. The van der Waals surface area contributed by atoms with Crippen molar-refractivity contribution in [2.45, 2.75) is 44.2 Å². The monoisotopic (exact) mass is 541 g/mol. The fraction of sp³-hybridized carbons (Fsp3) is 0.286. The number of nitrogens with one attached hydrogen (secondary N) is 2. The third-order valence-corrected chi connectivity index (χ3v) is 7.18. The topological polar surface area (TPSA) is 105 Å². The maximum atomic E-state index is 13.1. The summed E-state index contributed by atoms with van der Waals surface area (Å²) in [7, 11) is -3.90. The smallest absolute Gasteiger partial charge is 0.261 e. The minimum absolute atomic E-state index is 0.0245. The lowest BCUT2D eigenvalue weighted by atomic mass is 10.1. The summed E-state index contributed by atoms with van der Waals surface area (Å²) in [6, 6.07) is 19.2. The number of carbonyl (C=O) groups is 2. The summed E-state index contributed by atoms with van der Waals surface area (Å²) >= 11 is 0. The molecule has 8 nitrogen and oxygen atoms in total. The number of halogens is 1. The molecular weight excluding hydrogens is 509 g/mol. The van der Waals surface area contributed by atoms with Crippen molar-refractivity contribution >= 4 is 27.5 Å². The Bertz CT molecular complexity index is 1300. The number of ether oxygens (including phenoxy) is 1. The Morgan fingerprint density at radius 3 is 2.26 bits per heavy atom. The van der Waals surface area contributed by atoms with Crippen LogP contribution in [0.5, 0.6) is 5.75 Å². The molecule has 0 bridgehead atoms. The first-order valence-electron chi connectivity index (χ1n) is 12.3. The van der Waals surface area contributed by atoms with Gasteiger partial charge in [0.2, 0.25) is 5.91 Å². The number of carbonyl (C=O) groups excluding carboxylic acids is 2. The summed E-state index contributed by atoms with van der Waals surface area (Å²) < 4.78 is 46.3. The van der Waals surface area contributed by atoms with Crippen LogP contribution in [0.2, 0.25) is 0 Å². The van der Waals surface area contributed by atoms with Crippen LogP contribution in [0.1, 0.15) is 32.3 Å². The normalized spacial score (nSPS) is 11.9. The molecule has 202 valence electrons. The number of hydrogen-bond donors (Lipinski definition) is 2. The number of unbranched alkanes of at least 4 members (excludes halogenated alkanes) is 1. The summed E-state index contributed by atoms with van der Waals surface area (Å²) in [6.45, 7) is 4.14. The van der Waals surface area contributed by atoms with Crippen LogP contribution in [-0.2, 0) is 26.2 Å². The molecule has 0 spiro atoms. The molecule has 0 radical (unpaired) electrons. The Kier molecular flexibility index (Phi) is 10.2. The molecule has 0 aliphatic carbocycles. The van der Waals surface area contributed by atoms with E-state index in [9.17, 15) is 22.4 Å². The second-order valence-electron chi connectivity index (χ2n) is 8.70. The first-order chi connectivity index (χ1) is 18.2. The first kappa shape index (κ1) is 28.6. The van der Waals surface area contributed by atoms with E-state index in [1.165, 1.54) is 41.3 Å². The maximum Gasteiger partial charge on any atom is 0.261 e. The predicted molar refractivity (Wildman–Crippen MR) is 144 cm³/mol. The highest BCUT2D eigenvalue weighted by Gasteiger charge is 2.26. The largest absolute Gasteiger partial charge is 0.484 e. The number of hydrogen-bond acceptors (Lipinski definition) is 5. The molecule has 0 fully saturated rings. The van der Waals surface area contributed by atoms with E-state index >= 15 is 0 Å². The number of anilines is 1. The quantitative estimate of drug-likeness (QED) is 0.313. The van der Waals surface area contributed by atoms with Gasteiger partial charge in [-0.15, -0.1) is 0 Å². The SMILES string of the molecule is CCCCNC(=O)[C@H](C)N(Cc1ccccc1)C(=O)COc1ccc(S(=O)(=O)Nc2ccc(F)cc2)cc1. The molecule has 0 saturated carbocycles.